The van der Waals surface area contributed by atoms with Crippen molar-refractivity contribution in [3.63, 3.8) is 0 Å². The molecule has 1 saturated heterocycles. The minimum Gasteiger partial charge on any atom is -0.384 e. The molecule has 3 heterocycles. The number of methoxy groups -OCH3 is 1. The summed E-state index contributed by atoms with van der Waals surface area (Å²) in [5.74, 6) is -0.0394. The SMILES string of the molecule is CCC(C)C(=O)N(CC)c1cc(CN2CCC(COC)(C(=O)N3CCc4ncc(C(F)(F)F)cc4C3)C2)ccc1C. The van der Waals surface area contributed by atoms with Gasteiger partial charge in [0.15, 0.2) is 0 Å². The average molecular weight is 575 g/mol. The highest BCUT2D eigenvalue weighted by atomic mass is 19.4. The van der Waals surface area contributed by atoms with Crippen molar-refractivity contribution in [2.24, 2.45) is 11.3 Å². The van der Waals surface area contributed by atoms with Crippen molar-refractivity contribution in [3.8, 4) is 0 Å². The van der Waals surface area contributed by atoms with Gasteiger partial charge in [0, 0.05) is 69.8 Å². The molecular weight excluding hydrogens is 533 g/mol. The molecule has 2 atom stereocenters. The molecule has 7 nitrogen and oxygen atoms in total. The fraction of sp³-hybridized carbons (Fsp3) is 0.581. The molecule has 0 aliphatic carbocycles. The number of amides is 2. The molecular formula is C31H41F3N4O3. The number of benzene rings is 1. The van der Waals surface area contributed by atoms with Crippen LogP contribution in [0.3, 0.4) is 0 Å². The van der Waals surface area contributed by atoms with E-state index in [1.165, 1.54) is 0 Å². The topological polar surface area (TPSA) is 66.0 Å². The van der Waals surface area contributed by atoms with Crippen molar-refractivity contribution in [1.29, 1.82) is 0 Å². The van der Waals surface area contributed by atoms with Gasteiger partial charge in [0.2, 0.25) is 11.8 Å². The van der Waals surface area contributed by atoms with Crippen LogP contribution in [-0.2, 0) is 40.0 Å². The van der Waals surface area contributed by atoms with Gasteiger partial charge >= 0.3 is 6.18 Å². The number of likely N-dealkylation sites (tertiary alicyclic amines) is 1. The summed E-state index contributed by atoms with van der Waals surface area (Å²) in [6, 6.07) is 7.29. The molecule has 2 amide bonds. The molecule has 1 aromatic carbocycles. The molecule has 0 bridgehead atoms. The largest absolute Gasteiger partial charge is 0.417 e. The first-order valence-electron chi connectivity index (χ1n) is 14.4. The van der Waals surface area contributed by atoms with Crippen LogP contribution in [0.1, 0.15) is 61.6 Å². The van der Waals surface area contributed by atoms with Crippen molar-refractivity contribution in [2.45, 2.75) is 66.2 Å². The van der Waals surface area contributed by atoms with E-state index < -0.39 is 17.2 Å². The van der Waals surface area contributed by atoms with Crippen LogP contribution in [0.15, 0.2) is 30.5 Å². The average Bonchev–Trinajstić information content (AvgIpc) is 3.36. The number of halogens is 3. The second kappa shape index (κ2) is 12.5. The smallest absolute Gasteiger partial charge is 0.384 e. The molecule has 10 heteroatoms. The lowest BCUT2D eigenvalue weighted by Gasteiger charge is -2.36. The van der Waals surface area contributed by atoms with Gasteiger partial charge in [-0.25, -0.2) is 0 Å². The van der Waals surface area contributed by atoms with Gasteiger partial charge in [-0.15, -0.1) is 0 Å². The van der Waals surface area contributed by atoms with Gasteiger partial charge in [0.05, 0.1) is 17.6 Å². The first kappa shape index (κ1) is 31.0. The third kappa shape index (κ3) is 6.59. The number of aromatic nitrogens is 1. The molecule has 2 aliphatic rings. The Morgan fingerprint density at radius 3 is 2.61 bits per heavy atom. The monoisotopic (exact) mass is 574 g/mol. The standard InChI is InChI=1S/C31H41F3N4O3/c1-6-21(3)28(39)38(7-2)27-14-23(9-8-22(27)4)17-36-13-11-30(19-36,20-41-5)29(40)37-12-10-26-24(18-37)15-25(16-35-26)31(32,33)34/h8-9,14-16,21H,6-7,10-13,17-20H2,1-5H3. The number of hydrogen-bond acceptors (Lipinski definition) is 5. The Labute approximate surface area is 240 Å². The van der Waals surface area contributed by atoms with Crippen molar-refractivity contribution in [2.75, 3.05) is 44.8 Å². The Morgan fingerprint density at radius 1 is 1.20 bits per heavy atom. The van der Waals surface area contributed by atoms with Gasteiger partial charge in [-0.05, 0) is 62.1 Å². The van der Waals surface area contributed by atoms with Crippen molar-refractivity contribution >= 4 is 17.5 Å². The van der Waals surface area contributed by atoms with Crippen LogP contribution in [0.4, 0.5) is 18.9 Å². The molecule has 2 aromatic rings. The summed E-state index contributed by atoms with van der Waals surface area (Å²) >= 11 is 0. The van der Waals surface area contributed by atoms with E-state index in [2.05, 4.69) is 22.0 Å². The second-order valence-corrected chi connectivity index (χ2v) is 11.5. The lowest BCUT2D eigenvalue weighted by Crippen LogP contribution is -2.49. The maximum atomic E-state index is 13.9. The van der Waals surface area contributed by atoms with E-state index in [1.807, 2.05) is 38.7 Å². The zero-order chi connectivity index (χ0) is 29.9. The van der Waals surface area contributed by atoms with E-state index in [4.69, 9.17) is 4.74 Å². The van der Waals surface area contributed by atoms with E-state index in [0.29, 0.717) is 56.8 Å². The number of nitrogens with zero attached hydrogens (tertiary/aromatic N) is 4. The first-order chi connectivity index (χ1) is 19.4. The summed E-state index contributed by atoms with van der Waals surface area (Å²) in [6.45, 7) is 11.1. The lowest BCUT2D eigenvalue weighted by atomic mass is 9.85. The van der Waals surface area contributed by atoms with Crippen molar-refractivity contribution < 1.29 is 27.5 Å². The van der Waals surface area contributed by atoms with Crippen molar-refractivity contribution in [1.82, 2.24) is 14.8 Å². The number of pyridine rings is 1. The molecule has 2 unspecified atom stereocenters. The minimum atomic E-state index is -4.48. The molecule has 1 aromatic heterocycles. The number of hydrogen-bond donors (Lipinski definition) is 0. The number of aryl methyl sites for hydroxylation is 1. The predicted octanol–water partition coefficient (Wildman–Crippen LogP) is 5.23. The number of anilines is 1. The Bertz CT molecular complexity index is 1270. The summed E-state index contributed by atoms with van der Waals surface area (Å²) in [6.07, 6.45) is -1.82. The van der Waals surface area contributed by atoms with E-state index in [1.54, 1.807) is 12.0 Å². The third-order valence-corrected chi connectivity index (χ3v) is 8.55. The van der Waals surface area contributed by atoms with Crippen LogP contribution >= 0.6 is 0 Å². The maximum absolute atomic E-state index is 13.9. The van der Waals surface area contributed by atoms with Gasteiger partial charge in [-0.1, -0.05) is 26.0 Å². The van der Waals surface area contributed by atoms with Crippen LogP contribution in [0.25, 0.3) is 0 Å². The van der Waals surface area contributed by atoms with Gasteiger partial charge < -0.3 is 14.5 Å². The normalized spacial score (nSPS) is 20.1. The Kier molecular flexibility index (Phi) is 9.43. The fourth-order valence-electron chi connectivity index (χ4n) is 6.00. The molecule has 1 fully saturated rings. The lowest BCUT2D eigenvalue weighted by molar-refractivity contribution is -0.145. The number of fused-ring (bicyclic) bond motifs is 1. The summed E-state index contributed by atoms with van der Waals surface area (Å²) in [5.41, 5.74) is 2.48. The molecule has 0 saturated carbocycles. The van der Waals surface area contributed by atoms with Crippen LogP contribution in [0.2, 0.25) is 0 Å². The minimum absolute atomic E-state index is 0.0603. The summed E-state index contributed by atoms with van der Waals surface area (Å²) in [5, 5.41) is 0. The first-order valence-corrected chi connectivity index (χ1v) is 14.4. The Morgan fingerprint density at radius 2 is 1.95 bits per heavy atom. The number of carbonyl (C=O) groups is 2. The highest BCUT2D eigenvalue weighted by Gasteiger charge is 2.47. The number of ether oxygens (including phenoxy) is 1. The van der Waals surface area contributed by atoms with E-state index in [-0.39, 0.29) is 30.9 Å². The van der Waals surface area contributed by atoms with Crippen LogP contribution in [0, 0.1) is 18.3 Å². The summed E-state index contributed by atoms with van der Waals surface area (Å²) < 4.78 is 45.4. The zero-order valence-electron chi connectivity index (χ0n) is 24.7. The van der Waals surface area contributed by atoms with Gasteiger partial charge in [0.25, 0.3) is 0 Å². The predicted molar refractivity (Wildman–Crippen MR) is 151 cm³/mol. The van der Waals surface area contributed by atoms with Crippen LogP contribution in [-0.4, -0.2) is 66.5 Å². The second-order valence-electron chi connectivity index (χ2n) is 11.5. The third-order valence-electron chi connectivity index (χ3n) is 8.55. The van der Waals surface area contributed by atoms with Crippen LogP contribution < -0.4 is 4.90 Å². The quantitative estimate of drug-likeness (QED) is 0.410. The maximum Gasteiger partial charge on any atom is 0.417 e. The van der Waals surface area contributed by atoms with E-state index >= 15 is 0 Å². The summed E-state index contributed by atoms with van der Waals surface area (Å²) in [7, 11) is 1.57. The van der Waals surface area contributed by atoms with Gasteiger partial charge in [0.1, 0.15) is 0 Å². The molecule has 0 radical (unpaired) electrons. The highest BCUT2D eigenvalue weighted by Crippen LogP contribution is 2.37. The van der Waals surface area contributed by atoms with Gasteiger partial charge in [-0.3, -0.25) is 19.5 Å². The van der Waals surface area contributed by atoms with Crippen LogP contribution in [0.5, 0.6) is 0 Å². The molecule has 0 spiro atoms. The van der Waals surface area contributed by atoms with E-state index in [0.717, 1.165) is 35.5 Å². The number of alkyl halides is 3. The number of carbonyl (C=O) groups excluding carboxylic acids is 2. The molecule has 0 N–H and O–H groups in total. The number of rotatable bonds is 9. The zero-order valence-corrected chi connectivity index (χ0v) is 24.7. The fourth-order valence-corrected chi connectivity index (χ4v) is 6.00. The Balaban J connectivity index is 1.50. The van der Waals surface area contributed by atoms with E-state index in [9.17, 15) is 22.8 Å². The molecule has 2 aliphatic heterocycles. The summed E-state index contributed by atoms with van der Waals surface area (Å²) in [4.78, 5) is 36.7. The molecule has 4 rings (SSSR count). The van der Waals surface area contributed by atoms with Gasteiger partial charge in [-0.2, -0.15) is 13.2 Å². The van der Waals surface area contributed by atoms with Crippen molar-refractivity contribution in [3.05, 3.63) is 58.4 Å². The Hall–Kier alpha value is -2.98. The highest BCUT2D eigenvalue weighted by molar-refractivity contribution is 5.95. The molecule has 41 heavy (non-hydrogen) atoms. The molecule has 224 valence electrons.